The van der Waals surface area contributed by atoms with Crippen molar-refractivity contribution in [3.05, 3.63) is 29.8 Å². The summed E-state index contributed by atoms with van der Waals surface area (Å²) in [5.74, 6) is -0.481. The zero-order valence-corrected chi connectivity index (χ0v) is 11.8. The van der Waals surface area contributed by atoms with E-state index in [1.54, 1.807) is 4.90 Å². The van der Waals surface area contributed by atoms with E-state index >= 15 is 0 Å². The van der Waals surface area contributed by atoms with Crippen LogP contribution in [0.25, 0.3) is 0 Å². The summed E-state index contributed by atoms with van der Waals surface area (Å²) < 4.78 is 0. The first-order chi connectivity index (χ1) is 9.61. The maximum atomic E-state index is 11.9. The van der Waals surface area contributed by atoms with Crippen LogP contribution in [0.5, 0.6) is 0 Å². The third kappa shape index (κ3) is 3.56. The highest BCUT2D eigenvalue weighted by Gasteiger charge is 2.34. The van der Waals surface area contributed by atoms with Gasteiger partial charge in [0.25, 0.3) is 0 Å². The Labute approximate surface area is 122 Å². The molecule has 1 unspecified atom stereocenters. The third-order valence-corrected chi connectivity index (χ3v) is 3.62. The molecule has 20 heavy (non-hydrogen) atoms. The van der Waals surface area contributed by atoms with Crippen LogP contribution in [0, 0.1) is 5.92 Å². The Kier molecular flexibility index (Phi) is 5.11. The lowest BCUT2D eigenvalue weighted by Gasteiger charge is -2.16. The fourth-order valence-electron chi connectivity index (χ4n) is 2.21. The standard InChI is InChI=1S/C14H17ClN2O3/c15-14(20)11-7-13(19)17(9-11)12-3-1-10(2-4-12)8-16-5-6-18/h1-4,11,16,18H,5-9H2. The quantitative estimate of drug-likeness (QED) is 0.604. The molecule has 1 aromatic rings. The molecule has 1 aromatic carbocycles. The van der Waals surface area contributed by atoms with E-state index in [0.717, 1.165) is 11.3 Å². The number of benzene rings is 1. The van der Waals surface area contributed by atoms with E-state index in [-0.39, 0.29) is 18.9 Å². The number of carbonyl (C=O) groups is 2. The average molecular weight is 297 g/mol. The molecule has 0 spiro atoms. The molecule has 1 atom stereocenters. The molecule has 1 heterocycles. The van der Waals surface area contributed by atoms with Crippen LogP contribution in [0.3, 0.4) is 0 Å². The minimum absolute atomic E-state index is 0.0739. The number of nitrogens with zero attached hydrogens (tertiary/aromatic N) is 1. The Morgan fingerprint density at radius 2 is 2.10 bits per heavy atom. The predicted molar refractivity (Wildman–Crippen MR) is 76.6 cm³/mol. The predicted octanol–water partition coefficient (Wildman–Crippen LogP) is 0.887. The second-order valence-electron chi connectivity index (χ2n) is 4.78. The van der Waals surface area contributed by atoms with E-state index in [0.29, 0.717) is 19.6 Å². The van der Waals surface area contributed by atoms with E-state index in [2.05, 4.69) is 5.32 Å². The van der Waals surface area contributed by atoms with Gasteiger partial charge < -0.3 is 15.3 Å². The van der Waals surface area contributed by atoms with Crippen molar-refractivity contribution in [3.63, 3.8) is 0 Å². The summed E-state index contributed by atoms with van der Waals surface area (Å²) in [6.07, 6.45) is 0.183. The van der Waals surface area contributed by atoms with E-state index in [1.807, 2.05) is 24.3 Å². The number of rotatable bonds is 6. The van der Waals surface area contributed by atoms with Gasteiger partial charge in [0.1, 0.15) is 0 Å². The van der Waals surface area contributed by atoms with Gasteiger partial charge in [-0.05, 0) is 29.3 Å². The first-order valence-electron chi connectivity index (χ1n) is 6.52. The monoisotopic (exact) mass is 296 g/mol. The van der Waals surface area contributed by atoms with Crippen LogP contribution < -0.4 is 10.2 Å². The molecular formula is C14H17ClN2O3. The molecule has 0 bridgehead atoms. The van der Waals surface area contributed by atoms with Gasteiger partial charge in [-0.25, -0.2) is 0 Å². The van der Waals surface area contributed by atoms with E-state index in [4.69, 9.17) is 16.7 Å². The van der Waals surface area contributed by atoms with Gasteiger partial charge in [-0.15, -0.1) is 0 Å². The van der Waals surface area contributed by atoms with Crippen LogP contribution in [0.15, 0.2) is 24.3 Å². The molecule has 0 aliphatic carbocycles. The summed E-state index contributed by atoms with van der Waals surface area (Å²) in [5, 5.41) is 11.3. The number of halogens is 1. The molecule has 2 rings (SSSR count). The van der Waals surface area contributed by atoms with Gasteiger partial charge in [-0.3, -0.25) is 9.59 Å². The van der Waals surface area contributed by atoms with Crippen molar-refractivity contribution in [2.24, 2.45) is 5.92 Å². The zero-order chi connectivity index (χ0) is 14.5. The van der Waals surface area contributed by atoms with Crippen molar-refractivity contribution in [1.82, 2.24) is 5.32 Å². The molecule has 1 amide bonds. The minimum atomic E-state index is -0.453. The molecule has 1 aliphatic rings. The van der Waals surface area contributed by atoms with Crippen LogP contribution in [0.4, 0.5) is 5.69 Å². The van der Waals surface area contributed by atoms with Crippen LogP contribution in [0.2, 0.25) is 0 Å². The highest BCUT2D eigenvalue weighted by atomic mass is 35.5. The number of anilines is 1. The number of aliphatic hydroxyl groups excluding tert-OH is 1. The fourth-order valence-corrected chi connectivity index (χ4v) is 2.36. The minimum Gasteiger partial charge on any atom is -0.395 e. The molecule has 1 saturated heterocycles. The lowest BCUT2D eigenvalue weighted by Crippen LogP contribution is -2.25. The normalized spacial score (nSPS) is 18.6. The maximum Gasteiger partial charge on any atom is 0.227 e. The molecule has 2 N–H and O–H groups in total. The number of carbonyl (C=O) groups excluding carboxylic acids is 2. The smallest absolute Gasteiger partial charge is 0.227 e. The summed E-state index contributed by atoms with van der Waals surface area (Å²) >= 11 is 5.45. The largest absolute Gasteiger partial charge is 0.395 e. The van der Waals surface area contributed by atoms with Crippen LogP contribution >= 0.6 is 11.6 Å². The lowest BCUT2D eigenvalue weighted by molar-refractivity contribution is -0.120. The van der Waals surface area contributed by atoms with Crippen molar-refractivity contribution in [1.29, 1.82) is 0 Å². The summed E-state index contributed by atoms with van der Waals surface area (Å²) in [4.78, 5) is 24.6. The second kappa shape index (κ2) is 6.83. The highest BCUT2D eigenvalue weighted by Crippen LogP contribution is 2.26. The van der Waals surface area contributed by atoms with Crippen molar-refractivity contribution >= 4 is 28.4 Å². The Bertz CT molecular complexity index is 490. The van der Waals surface area contributed by atoms with Gasteiger partial charge >= 0.3 is 0 Å². The van der Waals surface area contributed by atoms with Gasteiger partial charge in [0.15, 0.2) is 0 Å². The first kappa shape index (κ1) is 15.0. The average Bonchev–Trinajstić information content (AvgIpc) is 2.82. The van der Waals surface area contributed by atoms with Crippen molar-refractivity contribution in [3.8, 4) is 0 Å². The van der Waals surface area contributed by atoms with E-state index < -0.39 is 11.2 Å². The third-order valence-electron chi connectivity index (χ3n) is 3.31. The molecule has 5 nitrogen and oxygen atoms in total. The van der Waals surface area contributed by atoms with Gasteiger partial charge in [0, 0.05) is 31.7 Å². The van der Waals surface area contributed by atoms with Crippen molar-refractivity contribution < 1.29 is 14.7 Å². The van der Waals surface area contributed by atoms with E-state index in [1.165, 1.54) is 0 Å². The van der Waals surface area contributed by atoms with Crippen LogP contribution in [-0.4, -0.2) is 36.0 Å². The SMILES string of the molecule is O=C(Cl)C1CC(=O)N(c2ccc(CNCCO)cc2)C1. The molecule has 1 aliphatic heterocycles. The van der Waals surface area contributed by atoms with Crippen molar-refractivity contribution in [2.45, 2.75) is 13.0 Å². The molecule has 108 valence electrons. The Morgan fingerprint density at radius 3 is 2.65 bits per heavy atom. The molecular weight excluding hydrogens is 280 g/mol. The summed E-state index contributed by atoms with van der Waals surface area (Å²) in [6, 6.07) is 7.55. The molecule has 1 fully saturated rings. The van der Waals surface area contributed by atoms with Crippen LogP contribution in [-0.2, 0) is 16.1 Å². The summed E-state index contributed by atoms with van der Waals surface area (Å²) in [5.41, 5.74) is 1.85. The maximum absolute atomic E-state index is 11.9. The van der Waals surface area contributed by atoms with Gasteiger partial charge in [0.05, 0.1) is 12.5 Å². The topological polar surface area (TPSA) is 69.6 Å². The number of amides is 1. The lowest BCUT2D eigenvalue weighted by atomic mass is 10.1. The number of aliphatic hydroxyl groups is 1. The Morgan fingerprint density at radius 1 is 1.40 bits per heavy atom. The zero-order valence-electron chi connectivity index (χ0n) is 11.0. The first-order valence-corrected chi connectivity index (χ1v) is 6.90. The number of nitrogens with one attached hydrogen (secondary N) is 1. The van der Waals surface area contributed by atoms with Gasteiger partial charge in [-0.2, -0.15) is 0 Å². The molecule has 0 radical (unpaired) electrons. The Hall–Kier alpha value is -1.43. The molecule has 0 aromatic heterocycles. The Balaban J connectivity index is 1.99. The van der Waals surface area contributed by atoms with Gasteiger partial charge in [0.2, 0.25) is 11.1 Å². The highest BCUT2D eigenvalue weighted by molar-refractivity contribution is 6.64. The van der Waals surface area contributed by atoms with Crippen molar-refractivity contribution in [2.75, 3.05) is 24.6 Å². The summed E-state index contributed by atoms with van der Waals surface area (Å²) in [7, 11) is 0. The summed E-state index contributed by atoms with van der Waals surface area (Å²) in [6.45, 7) is 1.67. The molecule has 0 saturated carbocycles. The number of hydrogen-bond acceptors (Lipinski definition) is 4. The van der Waals surface area contributed by atoms with Crippen LogP contribution in [0.1, 0.15) is 12.0 Å². The fraction of sp³-hybridized carbons (Fsp3) is 0.429. The second-order valence-corrected chi connectivity index (χ2v) is 5.15. The molecule has 6 heteroatoms. The van der Waals surface area contributed by atoms with E-state index in [9.17, 15) is 9.59 Å². The number of hydrogen-bond donors (Lipinski definition) is 2. The van der Waals surface area contributed by atoms with Gasteiger partial charge in [-0.1, -0.05) is 12.1 Å².